The summed E-state index contributed by atoms with van der Waals surface area (Å²) < 4.78 is 13.4. The summed E-state index contributed by atoms with van der Waals surface area (Å²) >= 11 is 0. The van der Waals surface area contributed by atoms with Crippen LogP contribution in [0.25, 0.3) is 11.1 Å². The Kier molecular flexibility index (Phi) is 3.07. The molecule has 2 nitrogen and oxygen atoms in total. The van der Waals surface area contributed by atoms with Crippen molar-refractivity contribution >= 4 is 0 Å². The van der Waals surface area contributed by atoms with Crippen LogP contribution in [0.1, 0.15) is 18.4 Å². The van der Waals surface area contributed by atoms with Gasteiger partial charge in [0.25, 0.3) is 0 Å². The second-order valence-corrected chi connectivity index (χ2v) is 4.70. The van der Waals surface area contributed by atoms with Crippen LogP contribution in [0.15, 0.2) is 42.7 Å². The molecular weight excluding hydrogens is 227 g/mol. The number of halogens is 1. The molecule has 3 heteroatoms. The number of aromatic nitrogens is 1. The second kappa shape index (κ2) is 4.86. The quantitative estimate of drug-likeness (QED) is 0.891. The van der Waals surface area contributed by atoms with Crippen molar-refractivity contribution in [3.05, 3.63) is 54.1 Å². The van der Waals surface area contributed by atoms with Gasteiger partial charge in [-0.25, -0.2) is 4.39 Å². The zero-order valence-electron chi connectivity index (χ0n) is 10.1. The standard InChI is InChI=1S/C15H15FN2/c16-13-3-6-15(11-2-1-7-17-9-11)12(8-13)10-18-14-4-5-14/h1-3,6-9,14,18H,4-5,10H2. The molecule has 0 unspecified atom stereocenters. The highest BCUT2D eigenvalue weighted by Gasteiger charge is 2.20. The number of nitrogens with zero attached hydrogens (tertiary/aromatic N) is 1. The normalized spacial score (nSPS) is 14.7. The Morgan fingerprint density at radius 2 is 2.17 bits per heavy atom. The van der Waals surface area contributed by atoms with Gasteiger partial charge in [0, 0.05) is 30.5 Å². The fourth-order valence-corrected chi connectivity index (χ4v) is 2.05. The van der Waals surface area contributed by atoms with Crippen molar-refractivity contribution in [3.63, 3.8) is 0 Å². The average molecular weight is 242 g/mol. The number of benzene rings is 1. The van der Waals surface area contributed by atoms with Gasteiger partial charge in [0.15, 0.2) is 0 Å². The average Bonchev–Trinajstić information content (AvgIpc) is 3.21. The van der Waals surface area contributed by atoms with E-state index in [0.29, 0.717) is 12.6 Å². The first-order chi connectivity index (χ1) is 8.83. The van der Waals surface area contributed by atoms with E-state index in [1.165, 1.54) is 18.9 Å². The van der Waals surface area contributed by atoms with Gasteiger partial charge in [-0.1, -0.05) is 12.1 Å². The molecule has 1 aromatic carbocycles. The fraction of sp³-hybridized carbons (Fsp3) is 0.267. The lowest BCUT2D eigenvalue weighted by molar-refractivity contribution is 0.620. The Labute approximate surface area is 106 Å². The number of hydrogen-bond donors (Lipinski definition) is 1. The molecule has 1 aliphatic rings. The molecule has 1 aliphatic carbocycles. The monoisotopic (exact) mass is 242 g/mol. The molecular formula is C15H15FN2. The molecule has 0 aliphatic heterocycles. The highest BCUT2D eigenvalue weighted by Crippen LogP contribution is 2.25. The summed E-state index contributed by atoms with van der Waals surface area (Å²) in [5.41, 5.74) is 3.08. The summed E-state index contributed by atoms with van der Waals surface area (Å²) in [6.45, 7) is 0.715. The topological polar surface area (TPSA) is 24.9 Å². The van der Waals surface area contributed by atoms with E-state index in [-0.39, 0.29) is 5.82 Å². The van der Waals surface area contributed by atoms with Crippen LogP contribution < -0.4 is 5.32 Å². The van der Waals surface area contributed by atoms with Crippen LogP contribution in [-0.4, -0.2) is 11.0 Å². The van der Waals surface area contributed by atoms with Gasteiger partial charge in [0.2, 0.25) is 0 Å². The van der Waals surface area contributed by atoms with Gasteiger partial charge in [-0.05, 0) is 42.2 Å². The van der Waals surface area contributed by atoms with Crippen LogP contribution in [0.5, 0.6) is 0 Å². The van der Waals surface area contributed by atoms with Crippen molar-refractivity contribution in [2.45, 2.75) is 25.4 Å². The Morgan fingerprint density at radius 1 is 1.28 bits per heavy atom. The largest absolute Gasteiger partial charge is 0.310 e. The molecule has 1 aromatic heterocycles. The van der Waals surface area contributed by atoms with Gasteiger partial charge < -0.3 is 5.32 Å². The predicted molar refractivity (Wildman–Crippen MR) is 69.5 cm³/mol. The van der Waals surface area contributed by atoms with Crippen molar-refractivity contribution in [1.29, 1.82) is 0 Å². The lowest BCUT2D eigenvalue weighted by Gasteiger charge is -2.10. The molecule has 3 rings (SSSR count). The number of rotatable bonds is 4. The smallest absolute Gasteiger partial charge is 0.123 e. The van der Waals surface area contributed by atoms with E-state index in [4.69, 9.17) is 0 Å². The van der Waals surface area contributed by atoms with E-state index in [0.717, 1.165) is 16.7 Å². The van der Waals surface area contributed by atoms with E-state index in [1.54, 1.807) is 12.3 Å². The SMILES string of the molecule is Fc1ccc(-c2cccnc2)c(CNC2CC2)c1. The van der Waals surface area contributed by atoms with Crippen LogP contribution in [0.2, 0.25) is 0 Å². The maximum absolute atomic E-state index is 13.4. The number of nitrogens with one attached hydrogen (secondary N) is 1. The van der Waals surface area contributed by atoms with Gasteiger partial charge in [-0.2, -0.15) is 0 Å². The molecule has 18 heavy (non-hydrogen) atoms. The van der Waals surface area contributed by atoms with Crippen molar-refractivity contribution in [3.8, 4) is 11.1 Å². The van der Waals surface area contributed by atoms with E-state index < -0.39 is 0 Å². The molecule has 0 atom stereocenters. The molecule has 1 heterocycles. The molecule has 1 N–H and O–H groups in total. The zero-order chi connectivity index (χ0) is 12.4. The maximum Gasteiger partial charge on any atom is 0.123 e. The summed E-state index contributed by atoms with van der Waals surface area (Å²) in [5, 5.41) is 3.42. The van der Waals surface area contributed by atoms with Crippen LogP contribution in [0.4, 0.5) is 4.39 Å². The third-order valence-corrected chi connectivity index (χ3v) is 3.20. The third kappa shape index (κ3) is 2.57. The molecule has 0 amide bonds. The van der Waals surface area contributed by atoms with E-state index in [1.807, 2.05) is 24.4 Å². The Balaban J connectivity index is 1.91. The molecule has 0 bridgehead atoms. The first-order valence-corrected chi connectivity index (χ1v) is 6.25. The number of hydrogen-bond acceptors (Lipinski definition) is 2. The highest BCUT2D eigenvalue weighted by atomic mass is 19.1. The fourth-order valence-electron chi connectivity index (χ4n) is 2.05. The number of pyridine rings is 1. The lowest BCUT2D eigenvalue weighted by atomic mass is 10.0. The summed E-state index contributed by atoms with van der Waals surface area (Å²) in [7, 11) is 0. The van der Waals surface area contributed by atoms with Crippen molar-refractivity contribution in [1.82, 2.24) is 10.3 Å². The third-order valence-electron chi connectivity index (χ3n) is 3.20. The van der Waals surface area contributed by atoms with E-state index >= 15 is 0 Å². The molecule has 1 saturated carbocycles. The predicted octanol–water partition coefficient (Wildman–Crippen LogP) is 3.14. The zero-order valence-corrected chi connectivity index (χ0v) is 10.1. The highest BCUT2D eigenvalue weighted by molar-refractivity contribution is 5.66. The molecule has 0 spiro atoms. The molecule has 0 radical (unpaired) electrons. The van der Waals surface area contributed by atoms with Gasteiger partial charge in [-0.15, -0.1) is 0 Å². The second-order valence-electron chi connectivity index (χ2n) is 4.70. The van der Waals surface area contributed by atoms with Crippen molar-refractivity contribution in [2.75, 3.05) is 0 Å². The van der Waals surface area contributed by atoms with E-state index in [9.17, 15) is 4.39 Å². The summed E-state index contributed by atoms with van der Waals surface area (Å²) in [4.78, 5) is 4.12. The Hall–Kier alpha value is -1.74. The molecule has 1 fully saturated rings. The summed E-state index contributed by atoms with van der Waals surface area (Å²) in [6.07, 6.45) is 6.03. The molecule has 92 valence electrons. The van der Waals surface area contributed by atoms with Crippen LogP contribution in [-0.2, 0) is 6.54 Å². The summed E-state index contributed by atoms with van der Waals surface area (Å²) in [6, 6.07) is 9.46. The van der Waals surface area contributed by atoms with Crippen LogP contribution >= 0.6 is 0 Å². The maximum atomic E-state index is 13.4. The van der Waals surface area contributed by atoms with Gasteiger partial charge in [-0.3, -0.25) is 4.98 Å². The van der Waals surface area contributed by atoms with E-state index in [2.05, 4.69) is 10.3 Å². The van der Waals surface area contributed by atoms with Gasteiger partial charge >= 0.3 is 0 Å². The van der Waals surface area contributed by atoms with Gasteiger partial charge in [0.1, 0.15) is 5.82 Å². The minimum atomic E-state index is -0.185. The van der Waals surface area contributed by atoms with Crippen molar-refractivity contribution in [2.24, 2.45) is 0 Å². The Bertz CT molecular complexity index is 535. The molecule has 0 saturated heterocycles. The Morgan fingerprint density at radius 3 is 2.89 bits per heavy atom. The molecule has 2 aromatic rings. The van der Waals surface area contributed by atoms with Crippen LogP contribution in [0.3, 0.4) is 0 Å². The lowest BCUT2D eigenvalue weighted by Crippen LogP contribution is -2.16. The van der Waals surface area contributed by atoms with Crippen molar-refractivity contribution < 1.29 is 4.39 Å². The first kappa shape index (κ1) is 11.4. The first-order valence-electron chi connectivity index (χ1n) is 6.25. The minimum absolute atomic E-state index is 0.185. The summed E-state index contributed by atoms with van der Waals surface area (Å²) in [5.74, 6) is -0.185. The minimum Gasteiger partial charge on any atom is -0.310 e. The van der Waals surface area contributed by atoms with Crippen LogP contribution in [0, 0.1) is 5.82 Å². The van der Waals surface area contributed by atoms with Gasteiger partial charge in [0.05, 0.1) is 0 Å².